The summed E-state index contributed by atoms with van der Waals surface area (Å²) in [4.78, 5) is 0. The van der Waals surface area contributed by atoms with Gasteiger partial charge < -0.3 is 0 Å². The summed E-state index contributed by atoms with van der Waals surface area (Å²) < 4.78 is 221. The molecule has 0 fully saturated rings. The molecule has 4 aromatic rings. The predicted octanol–water partition coefficient (Wildman–Crippen LogP) is 6.34. The molecule has 0 aliphatic carbocycles. The molecule has 0 aromatic heterocycles. The van der Waals surface area contributed by atoms with E-state index in [-0.39, 0.29) is 0 Å². The third-order valence-corrected chi connectivity index (χ3v) is 7.09. The van der Waals surface area contributed by atoms with Crippen molar-refractivity contribution in [3.63, 3.8) is 0 Å². The molecule has 0 saturated carbocycles. The smallest absolute Gasteiger partial charge is 0.200 e. The van der Waals surface area contributed by atoms with Crippen molar-refractivity contribution >= 4 is 34.1 Å². The molecular weight excluding hydrogens is 608 g/mol. The van der Waals surface area contributed by atoms with Gasteiger partial charge in [-0.1, -0.05) is 35.9 Å². The van der Waals surface area contributed by atoms with Gasteiger partial charge in [0.1, 0.15) is 29.4 Å². The Balaban J connectivity index is 2.18. The first-order valence-electron chi connectivity index (χ1n) is 11.1. The fourth-order valence-corrected chi connectivity index (χ4v) is 5.41. The lowest BCUT2D eigenvalue weighted by Gasteiger charge is -2.43. The minimum absolute atomic E-state index is 0.295. The molecule has 0 amide bonds. The summed E-state index contributed by atoms with van der Waals surface area (Å²) >= 11 is 0. The van der Waals surface area contributed by atoms with Crippen LogP contribution in [0.5, 0.6) is 0 Å². The maximum absolute atomic E-state index is 15.5. The molecule has 42 heavy (non-hydrogen) atoms. The van der Waals surface area contributed by atoms with E-state index in [1.165, 1.54) is 0 Å². The first-order valence-corrected chi connectivity index (χ1v) is 11.1. The van der Waals surface area contributed by atoms with Crippen LogP contribution in [0.3, 0.4) is 0 Å². The van der Waals surface area contributed by atoms with Crippen molar-refractivity contribution in [2.24, 2.45) is 0 Å². The number of fused-ring (bicyclic) bond motifs is 1. The second kappa shape index (κ2) is 9.59. The highest BCUT2D eigenvalue weighted by Gasteiger charge is 2.50. The summed E-state index contributed by atoms with van der Waals surface area (Å²) in [5, 5.41) is 0. The van der Waals surface area contributed by atoms with Gasteiger partial charge in [-0.25, -0.2) is 65.9 Å². The highest BCUT2D eigenvalue weighted by atomic mass is 19.2. The number of halogens is 15. The lowest BCUT2D eigenvalue weighted by molar-refractivity contribution is 0.376. The van der Waals surface area contributed by atoms with Crippen LogP contribution >= 0.6 is 0 Å². The topological polar surface area (TPSA) is 0 Å². The van der Waals surface area contributed by atoms with E-state index >= 15 is 26.3 Å². The molecule has 0 spiro atoms. The lowest BCUT2D eigenvalue weighted by Crippen LogP contribution is -2.71. The molecule has 1 heterocycles. The Morgan fingerprint density at radius 2 is 0.667 bits per heavy atom. The Kier molecular flexibility index (Phi) is 6.66. The molecule has 16 heteroatoms. The summed E-state index contributed by atoms with van der Waals surface area (Å²) in [6.07, 6.45) is -4.93. The second-order valence-corrected chi connectivity index (χ2v) is 9.01. The van der Waals surface area contributed by atoms with Gasteiger partial charge in [0.05, 0.1) is 0 Å². The molecular formula is C26H5BF15-. The molecule has 0 saturated heterocycles. The van der Waals surface area contributed by atoms with E-state index in [0.29, 0.717) is 12.1 Å². The van der Waals surface area contributed by atoms with Gasteiger partial charge in [-0.15, -0.1) is 10.9 Å². The maximum Gasteiger partial charge on any atom is 0.200 e. The summed E-state index contributed by atoms with van der Waals surface area (Å²) in [7, 11) is 0. The van der Waals surface area contributed by atoms with Crippen molar-refractivity contribution in [3.05, 3.63) is 123 Å². The Morgan fingerprint density at radius 3 is 1.05 bits per heavy atom. The summed E-state index contributed by atoms with van der Waals surface area (Å²) in [6, 6.07) is 3.33. The molecule has 0 nitrogen and oxygen atoms in total. The van der Waals surface area contributed by atoms with Gasteiger partial charge in [-0.3, -0.25) is 0 Å². The largest absolute Gasteiger partial charge is 0.207 e. The Hall–Kier alpha value is -4.37. The second-order valence-electron chi connectivity index (χ2n) is 9.01. The summed E-state index contributed by atoms with van der Waals surface area (Å²) in [5.74, 6) is -42.9. The average molecular weight is 613 g/mol. The maximum atomic E-state index is 15.5. The zero-order chi connectivity index (χ0) is 31.2. The van der Waals surface area contributed by atoms with Crippen LogP contribution in [0, 0.1) is 87.3 Å². The minimum Gasteiger partial charge on any atom is -0.207 e. The lowest BCUT2D eigenvalue weighted by atomic mass is 9.13. The molecule has 5 rings (SSSR count). The number of hydrogen-bond donors (Lipinski definition) is 0. The van der Waals surface area contributed by atoms with E-state index in [9.17, 15) is 39.5 Å². The van der Waals surface area contributed by atoms with E-state index in [4.69, 9.17) is 0 Å². The van der Waals surface area contributed by atoms with Gasteiger partial charge in [0, 0.05) is 5.56 Å². The molecule has 0 bridgehead atoms. The van der Waals surface area contributed by atoms with Gasteiger partial charge in [0.2, 0.25) is 5.82 Å². The molecule has 1 aliphatic heterocycles. The van der Waals surface area contributed by atoms with Crippen LogP contribution in [0.25, 0.3) is 11.5 Å². The summed E-state index contributed by atoms with van der Waals surface area (Å²) in [6.45, 7) is 0. The normalized spacial score (nSPS) is 13.9. The van der Waals surface area contributed by atoms with E-state index in [0.717, 1.165) is 18.2 Å². The van der Waals surface area contributed by atoms with Crippen LogP contribution in [-0.2, 0) is 0 Å². The fourth-order valence-electron chi connectivity index (χ4n) is 5.41. The molecule has 0 radical (unpaired) electrons. The predicted molar refractivity (Wildman–Crippen MR) is 118 cm³/mol. The van der Waals surface area contributed by atoms with Gasteiger partial charge in [0.25, 0.3) is 0 Å². The van der Waals surface area contributed by atoms with Crippen LogP contribution in [0.15, 0.2) is 24.3 Å². The molecule has 0 N–H and O–H groups in total. The fraction of sp³-hybridized carbons (Fsp3) is 0. The Bertz CT molecular complexity index is 1740. The monoisotopic (exact) mass is 613 g/mol. The molecule has 218 valence electrons. The van der Waals surface area contributed by atoms with Crippen LogP contribution < -0.4 is 16.4 Å². The first kappa shape index (κ1) is 29.1. The highest BCUT2D eigenvalue weighted by molar-refractivity contribution is 7.25. The first-order chi connectivity index (χ1) is 19.6. The molecule has 0 unspecified atom stereocenters. The highest BCUT2D eigenvalue weighted by Crippen LogP contribution is 2.41. The van der Waals surface area contributed by atoms with E-state index < -0.39 is 126 Å². The number of hydrogen-bond acceptors (Lipinski definition) is 0. The van der Waals surface area contributed by atoms with Crippen LogP contribution in [0.4, 0.5) is 65.9 Å². The average Bonchev–Trinajstić information content (AvgIpc) is 3.29. The van der Waals surface area contributed by atoms with Gasteiger partial charge in [-0.2, -0.15) is 10.9 Å². The van der Waals surface area contributed by atoms with E-state index in [1.807, 2.05) is 0 Å². The zero-order valence-electron chi connectivity index (χ0n) is 19.6. The van der Waals surface area contributed by atoms with E-state index in [1.54, 1.807) is 0 Å². The Morgan fingerprint density at radius 1 is 0.357 bits per heavy atom. The standard InChI is InChI=1S/C26H5BF15/c28-12-9(13(29)19(35)24(40)18(12)34)8-5-6-3-1-2-4-7(6)27(8,10-14(30)20(36)25(41)21(37)15(10)31)11-16(32)22(38)26(42)23(39)17(11)33/h1-5H/q-1. The van der Waals surface area contributed by atoms with Crippen LogP contribution in [0.1, 0.15) is 11.1 Å². The van der Waals surface area contributed by atoms with Crippen LogP contribution in [0.2, 0.25) is 0 Å². The van der Waals surface area contributed by atoms with Crippen molar-refractivity contribution in [3.8, 4) is 0 Å². The SMILES string of the molecule is Fc1c(F)c(F)c(C2=Cc3ccccc3[B-]2(c2c(F)c(F)c(F)c(F)c2F)c2c(F)c(F)c(F)c(F)c2F)c(F)c1F. The molecule has 4 aromatic carbocycles. The molecule has 1 aliphatic rings. The summed E-state index contributed by atoms with van der Waals surface area (Å²) in [5.41, 5.74) is -10.5. The Labute approximate surface area is 223 Å². The van der Waals surface area contributed by atoms with Crippen molar-refractivity contribution in [1.29, 1.82) is 0 Å². The van der Waals surface area contributed by atoms with Gasteiger partial charge in [0.15, 0.2) is 58.2 Å². The van der Waals surface area contributed by atoms with Crippen molar-refractivity contribution in [1.82, 2.24) is 0 Å². The van der Waals surface area contributed by atoms with Crippen molar-refractivity contribution in [2.45, 2.75) is 0 Å². The minimum atomic E-state index is -5.22. The zero-order valence-corrected chi connectivity index (χ0v) is 19.6. The third-order valence-electron chi connectivity index (χ3n) is 7.09. The number of rotatable bonds is 3. The van der Waals surface area contributed by atoms with E-state index in [2.05, 4.69) is 0 Å². The quantitative estimate of drug-likeness (QED) is 0.110. The van der Waals surface area contributed by atoms with Crippen LogP contribution in [-0.4, -0.2) is 6.15 Å². The third kappa shape index (κ3) is 3.49. The van der Waals surface area contributed by atoms with Gasteiger partial charge >= 0.3 is 0 Å². The molecule has 0 atom stereocenters. The van der Waals surface area contributed by atoms with Crippen molar-refractivity contribution < 1.29 is 65.9 Å². The van der Waals surface area contributed by atoms with Crippen molar-refractivity contribution in [2.75, 3.05) is 0 Å². The van der Waals surface area contributed by atoms with Gasteiger partial charge in [-0.05, 0) is 0 Å². The number of benzene rings is 4.